The second kappa shape index (κ2) is 9.67. The van der Waals surface area contributed by atoms with Crippen molar-refractivity contribution in [2.45, 2.75) is 12.1 Å². The number of carbonyl (C=O) groups is 1. The van der Waals surface area contributed by atoms with Crippen LogP contribution in [0.3, 0.4) is 0 Å². The maximum Gasteiger partial charge on any atom is 0.249 e. The van der Waals surface area contributed by atoms with Gasteiger partial charge in [-0.2, -0.15) is 0 Å². The highest BCUT2D eigenvalue weighted by Gasteiger charge is 2.30. The van der Waals surface area contributed by atoms with Crippen molar-refractivity contribution in [1.82, 2.24) is 15.5 Å². The van der Waals surface area contributed by atoms with Crippen LogP contribution in [-0.2, 0) is 9.53 Å². The summed E-state index contributed by atoms with van der Waals surface area (Å²) in [5.41, 5.74) is 0.991. The lowest BCUT2D eigenvalue weighted by Crippen LogP contribution is -2.52. The highest BCUT2D eigenvalue weighted by atomic mass is 35.5. The van der Waals surface area contributed by atoms with Crippen LogP contribution in [0.15, 0.2) is 24.3 Å². The van der Waals surface area contributed by atoms with Gasteiger partial charge in [0.05, 0.1) is 12.1 Å². The van der Waals surface area contributed by atoms with E-state index in [2.05, 4.69) is 10.6 Å². The lowest BCUT2D eigenvalue weighted by molar-refractivity contribution is -0.142. The van der Waals surface area contributed by atoms with E-state index >= 15 is 0 Å². The molecular formula is C15H22Cl3N3O2. The summed E-state index contributed by atoms with van der Waals surface area (Å²) < 4.78 is 5.60. The number of halogens is 3. The van der Waals surface area contributed by atoms with E-state index in [-0.39, 0.29) is 49.5 Å². The van der Waals surface area contributed by atoms with E-state index in [0.29, 0.717) is 11.6 Å². The van der Waals surface area contributed by atoms with E-state index < -0.39 is 0 Å². The smallest absolute Gasteiger partial charge is 0.249 e. The molecule has 5 nitrogen and oxygen atoms in total. The molecule has 130 valence electrons. The monoisotopic (exact) mass is 381 g/mol. The van der Waals surface area contributed by atoms with Crippen molar-refractivity contribution >= 4 is 42.3 Å². The first-order chi connectivity index (χ1) is 10.3. The Labute approximate surface area is 153 Å². The second-order valence-corrected chi connectivity index (χ2v) is 5.83. The zero-order valence-electron chi connectivity index (χ0n) is 12.7. The molecule has 2 aliphatic rings. The fourth-order valence-corrected chi connectivity index (χ4v) is 2.94. The van der Waals surface area contributed by atoms with Crippen LogP contribution in [0.1, 0.15) is 11.6 Å². The van der Waals surface area contributed by atoms with Crippen LogP contribution in [0.2, 0.25) is 5.02 Å². The third-order valence-electron chi connectivity index (χ3n) is 4.01. The van der Waals surface area contributed by atoms with Crippen molar-refractivity contribution < 1.29 is 9.53 Å². The van der Waals surface area contributed by atoms with Crippen LogP contribution < -0.4 is 10.6 Å². The molecule has 1 unspecified atom stereocenters. The van der Waals surface area contributed by atoms with E-state index in [4.69, 9.17) is 16.3 Å². The Morgan fingerprint density at radius 3 is 2.61 bits per heavy atom. The van der Waals surface area contributed by atoms with Crippen LogP contribution in [0.5, 0.6) is 0 Å². The van der Waals surface area contributed by atoms with Crippen molar-refractivity contribution in [2.24, 2.45) is 0 Å². The maximum absolute atomic E-state index is 12.4. The summed E-state index contributed by atoms with van der Waals surface area (Å²) in [6.07, 6.45) is 0.177. The number of nitrogens with zero attached hydrogens (tertiary/aromatic N) is 1. The van der Waals surface area contributed by atoms with Gasteiger partial charge in [0.15, 0.2) is 0 Å². The van der Waals surface area contributed by atoms with Gasteiger partial charge >= 0.3 is 0 Å². The van der Waals surface area contributed by atoms with Crippen LogP contribution in [0, 0.1) is 0 Å². The predicted molar refractivity (Wildman–Crippen MR) is 95.9 cm³/mol. The van der Waals surface area contributed by atoms with Gasteiger partial charge in [0.25, 0.3) is 0 Å². The van der Waals surface area contributed by atoms with Gasteiger partial charge in [-0.05, 0) is 11.6 Å². The van der Waals surface area contributed by atoms with E-state index in [1.165, 1.54) is 0 Å². The molecule has 1 aromatic carbocycles. The van der Waals surface area contributed by atoms with Gasteiger partial charge in [0.1, 0.15) is 6.61 Å². The molecule has 0 aliphatic carbocycles. The highest BCUT2D eigenvalue weighted by molar-refractivity contribution is 6.31. The number of hydrogen-bond acceptors (Lipinski definition) is 4. The molecule has 1 atom stereocenters. The maximum atomic E-state index is 12.4. The molecule has 2 saturated heterocycles. The number of carbonyl (C=O) groups excluding carboxylic acids is 1. The molecule has 2 N–H and O–H groups in total. The highest BCUT2D eigenvalue weighted by Crippen LogP contribution is 2.28. The zero-order valence-corrected chi connectivity index (χ0v) is 15.1. The third kappa shape index (κ3) is 4.95. The molecule has 2 fully saturated rings. The average Bonchev–Trinajstić information content (AvgIpc) is 2.46. The molecule has 2 heterocycles. The number of amides is 1. The number of benzene rings is 1. The van der Waals surface area contributed by atoms with Gasteiger partial charge in [-0.3, -0.25) is 4.79 Å². The Hall–Kier alpha value is -0.560. The first-order valence-electron chi connectivity index (χ1n) is 7.32. The SMILES string of the molecule is Cl.Cl.O=C(COC1CNC1)N1CCNCC1c1ccccc1Cl. The molecule has 3 rings (SSSR count). The fourth-order valence-electron chi connectivity index (χ4n) is 2.68. The first-order valence-corrected chi connectivity index (χ1v) is 7.70. The number of hydrogen-bond donors (Lipinski definition) is 2. The minimum atomic E-state index is -0.0249. The third-order valence-corrected chi connectivity index (χ3v) is 4.36. The van der Waals surface area contributed by atoms with Crippen molar-refractivity contribution in [1.29, 1.82) is 0 Å². The minimum absolute atomic E-state index is 0. The molecule has 0 spiro atoms. The predicted octanol–water partition coefficient (Wildman–Crippen LogP) is 1.64. The lowest BCUT2D eigenvalue weighted by Gasteiger charge is -2.37. The summed E-state index contributed by atoms with van der Waals surface area (Å²) in [7, 11) is 0. The molecule has 1 aromatic rings. The molecule has 0 radical (unpaired) electrons. The van der Waals surface area contributed by atoms with Gasteiger partial charge in [-0.15, -0.1) is 24.8 Å². The number of ether oxygens (including phenoxy) is 1. The molecule has 2 aliphatic heterocycles. The Morgan fingerprint density at radius 1 is 1.22 bits per heavy atom. The Kier molecular flexibility index (Phi) is 8.61. The van der Waals surface area contributed by atoms with Gasteiger partial charge in [0, 0.05) is 37.7 Å². The number of piperazine rings is 1. The fraction of sp³-hybridized carbons (Fsp3) is 0.533. The normalized spacial score (nSPS) is 20.9. The summed E-state index contributed by atoms with van der Waals surface area (Å²) in [6.45, 7) is 4.03. The summed E-state index contributed by atoms with van der Waals surface area (Å²) in [6, 6.07) is 7.68. The molecule has 0 aromatic heterocycles. The van der Waals surface area contributed by atoms with E-state index in [9.17, 15) is 4.79 Å². The number of rotatable bonds is 4. The topological polar surface area (TPSA) is 53.6 Å². The molecule has 8 heteroatoms. The quantitative estimate of drug-likeness (QED) is 0.831. The Balaban J connectivity index is 0.00000132. The van der Waals surface area contributed by atoms with Crippen LogP contribution in [0.4, 0.5) is 0 Å². The van der Waals surface area contributed by atoms with Crippen molar-refractivity contribution in [3.05, 3.63) is 34.9 Å². The average molecular weight is 383 g/mol. The van der Waals surface area contributed by atoms with Crippen LogP contribution >= 0.6 is 36.4 Å². The first kappa shape index (κ1) is 20.5. The summed E-state index contributed by atoms with van der Waals surface area (Å²) in [5.74, 6) is 0.0355. The van der Waals surface area contributed by atoms with E-state index in [0.717, 1.165) is 31.7 Å². The molecular weight excluding hydrogens is 361 g/mol. The Morgan fingerprint density at radius 2 is 1.96 bits per heavy atom. The van der Waals surface area contributed by atoms with Gasteiger partial charge in [0.2, 0.25) is 5.91 Å². The van der Waals surface area contributed by atoms with Crippen LogP contribution in [-0.4, -0.2) is 56.2 Å². The standard InChI is InChI=1S/C15H20ClN3O2.2ClH/c16-13-4-2-1-3-12(13)14-9-17-5-6-19(14)15(20)10-21-11-7-18-8-11;;/h1-4,11,14,17-18H,5-10H2;2*1H. The van der Waals surface area contributed by atoms with Crippen LogP contribution in [0.25, 0.3) is 0 Å². The van der Waals surface area contributed by atoms with E-state index in [1.54, 1.807) is 0 Å². The number of nitrogens with one attached hydrogen (secondary N) is 2. The van der Waals surface area contributed by atoms with Gasteiger partial charge in [-0.1, -0.05) is 29.8 Å². The minimum Gasteiger partial charge on any atom is -0.366 e. The van der Waals surface area contributed by atoms with Crippen molar-refractivity contribution in [3.63, 3.8) is 0 Å². The van der Waals surface area contributed by atoms with E-state index in [1.807, 2.05) is 29.2 Å². The molecule has 0 saturated carbocycles. The van der Waals surface area contributed by atoms with Crippen molar-refractivity contribution in [3.8, 4) is 0 Å². The molecule has 23 heavy (non-hydrogen) atoms. The lowest BCUT2D eigenvalue weighted by atomic mass is 10.0. The summed E-state index contributed by atoms with van der Waals surface area (Å²) in [5, 5.41) is 7.16. The zero-order chi connectivity index (χ0) is 14.7. The van der Waals surface area contributed by atoms with Crippen molar-refractivity contribution in [2.75, 3.05) is 39.3 Å². The Bertz CT molecular complexity index is 514. The van der Waals surface area contributed by atoms with Gasteiger partial charge in [-0.25, -0.2) is 0 Å². The molecule has 1 amide bonds. The summed E-state index contributed by atoms with van der Waals surface area (Å²) >= 11 is 6.28. The van der Waals surface area contributed by atoms with Gasteiger partial charge < -0.3 is 20.3 Å². The second-order valence-electron chi connectivity index (χ2n) is 5.42. The molecule has 0 bridgehead atoms. The summed E-state index contributed by atoms with van der Waals surface area (Å²) in [4.78, 5) is 14.3. The largest absolute Gasteiger partial charge is 0.366 e.